The molecule has 9 heteroatoms. The zero-order chi connectivity index (χ0) is 18.5. The van der Waals surface area contributed by atoms with Crippen molar-refractivity contribution >= 4 is 11.7 Å². The zero-order valence-electron chi connectivity index (χ0n) is 15.0. The standard InChI is InChI=1S/C17H21N7O2/c1-4-14-21-22-15(26-14)10-24(5-2)17(25)19-13-8-6-12(7-9-13)16-18-11(3)20-23-16/h6-9H,4-5,10H2,1-3H3,(H,19,25)(H,18,20,23). The molecule has 0 saturated heterocycles. The minimum Gasteiger partial charge on any atom is -0.423 e. The van der Waals surface area contributed by atoms with Crippen LogP contribution >= 0.6 is 0 Å². The van der Waals surface area contributed by atoms with Crippen LogP contribution in [0.2, 0.25) is 0 Å². The molecule has 0 fully saturated rings. The average Bonchev–Trinajstić information content (AvgIpc) is 3.29. The number of carbonyl (C=O) groups excluding carboxylic acids is 1. The van der Waals surface area contributed by atoms with Crippen LogP contribution in [0, 0.1) is 6.92 Å². The minimum absolute atomic E-state index is 0.231. The number of rotatable bonds is 6. The Hall–Kier alpha value is -3.23. The van der Waals surface area contributed by atoms with Crippen molar-refractivity contribution in [3.8, 4) is 11.4 Å². The zero-order valence-corrected chi connectivity index (χ0v) is 15.0. The topological polar surface area (TPSA) is 113 Å². The quantitative estimate of drug-likeness (QED) is 0.703. The molecule has 0 bridgehead atoms. The van der Waals surface area contributed by atoms with E-state index in [-0.39, 0.29) is 12.6 Å². The summed E-state index contributed by atoms with van der Waals surface area (Å²) in [7, 11) is 0. The third-order valence-electron chi connectivity index (χ3n) is 3.80. The van der Waals surface area contributed by atoms with E-state index in [0.29, 0.717) is 36.3 Å². The lowest BCUT2D eigenvalue weighted by Crippen LogP contribution is -2.34. The predicted octanol–water partition coefficient (Wildman–Crippen LogP) is 2.78. The SMILES string of the molecule is CCc1nnc(CN(CC)C(=O)Nc2ccc(-c3n[nH]c(C)n3)cc2)o1. The maximum Gasteiger partial charge on any atom is 0.322 e. The summed E-state index contributed by atoms with van der Waals surface area (Å²) >= 11 is 0. The highest BCUT2D eigenvalue weighted by atomic mass is 16.4. The van der Waals surface area contributed by atoms with Gasteiger partial charge in [-0.05, 0) is 38.1 Å². The van der Waals surface area contributed by atoms with Crippen molar-refractivity contribution < 1.29 is 9.21 Å². The summed E-state index contributed by atoms with van der Waals surface area (Å²) in [6.45, 7) is 6.46. The lowest BCUT2D eigenvalue weighted by Gasteiger charge is -2.19. The van der Waals surface area contributed by atoms with E-state index in [9.17, 15) is 4.79 Å². The first-order valence-electron chi connectivity index (χ1n) is 8.45. The number of hydrogen-bond acceptors (Lipinski definition) is 6. The van der Waals surface area contributed by atoms with E-state index in [1.807, 2.05) is 45.0 Å². The van der Waals surface area contributed by atoms with Gasteiger partial charge in [-0.3, -0.25) is 5.10 Å². The number of anilines is 1. The molecule has 2 amide bonds. The highest BCUT2D eigenvalue weighted by Gasteiger charge is 2.16. The van der Waals surface area contributed by atoms with Gasteiger partial charge in [-0.1, -0.05) is 6.92 Å². The monoisotopic (exact) mass is 355 g/mol. The van der Waals surface area contributed by atoms with Crippen molar-refractivity contribution in [3.63, 3.8) is 0 Å². The van der Waals surface area contributed by atoms with Crippen LogP contribution in [0.5, 0.6) is 0 Å². The van der Waals surface area contributed by atoms with Gasteiger partial charge in [0.25, 0.3) is 0 Å². The van der Waals surface area contributed by atoms with Gasteiger partial charge in [-0.15, -0.1) is 10.2 Å². The molecule has 0 atom stereocenters. The van der Waals surface area contributed by atoms with Gasteiger partial charge in [0.05, 0.1) is 0 Å². The van der Waals surface area contributed by atoms with Crippen molar-refractivity contribution in [3.05, 3.63) is 41.9 Å². The molecule has 3 aromatic rings. The summed E-state index contributed by atoms with van der Waals surface area (Å²) in [5, 5.41) is 17.7. The number of benzene rings is 1. The van der Waals surface area contributed by atoms with Gasteiger partial charge in [0.15, 0.2) is 5.82 Å². The lowest BCUT2D eigenvalue weighted by atomic mass is 10.2. The van der Waals surface area contributed by atoms with E-state index in [4.69, 9.17) is 4.42 Å². The van der Waals surface area contributed by atoms with Gasteiger partial charge >= 0.3 is 6.03 Å². The van der Waals surface area contributed by atoms with E-state index in [0.717, 1.165) is 11.4 Å². The van der Waals surface area contributed by atoms with Crippen LogP contribution in [0.4, 0.5) is 10.5 Å². The van der Waals surface area contributed by atoms with Crippen LogP contribution in [0.25, 0.3) is 11.4 Å². The molecule has 2 aromatic heterocycles. The second-order valence-electron chi connectivity index (χ2n) is 5.71. The largest absolute Gasteiger partial charge is 0.423 e. The molecule has 0 aliphatic heterocycles. The Morgan fingerprint density at radius 2 is 1.92 bits per heavy atom. The number of amides is 2. The molecule has 0 unspecified atom stereocenters. The Morgan fingerprint density at radius 1 is 1.19 bits per heavy atom. The highest BCUT2D eigenvalue weighted by molar-refractivity contribution is 5.89. The molecular weight excluding hydrogens is 334 g/mol. The number of nitrogens with one attached hydrogen (secondary N) is 2. The van der Waals surface area contributed by atoms with Crippen LogP contribution in [0.1, 0.15) is 31.5 Å². The minimum atomic E-state index is -0.231. The Kier molecular flexibility index (Phi) is 5.26. The van der Waals surface area contributed by atoms with Crippen molar-refractivity contribution in [1.82, 2.24) is 30.3 Å². The van der Waals surface area contributed by atoms with Crippen molar-refractivity contribution in [2.24, 2.45) is 0 Å². The van der Waals surface area contributed by atoms with Crippen LogP contribution in [0.15, 0.2) is 28.7 Å². The van der Waals surface area contributed by atoms with E-state index in [2.05, 4.69) is 30.7 Å². The van der Waals surface area contributed by atoms with Crippen molar-refractivity contribution in [1.29, 1.82) is 0 Å². The first-order chi connectivity index (χ1) is 12.6. The smallest absolute Gasteiger partial charge is 0.322 e. The lowest BCUT2D eigenvalue weighted by molar-refractivity contribution is 0.205. The number of carbonyl (C=O) groups is 1. The second-order valence-corrected chi connectivity index (χ2v) is 5.71. The van der Waals surface area contributed by atoms with Crippen LogP contribution in [0.3, 0.4) is 0 Å². The molecule has 3 rings (SSSR count). The highest BCUT2D eigenvalue weighted by Crippen LogP contribution is 2.18. The maximum atomic E-state index is 12.5. The van der Waals surface area contributed by atoms with Gasteiger partial charge in [-0.25, -0.2) is 9.78 Å². The maximum absolute atomic E-state index is 12.5. The number of nitrogens with zero attached hydrogens (tertiary/aromatic N) is 5. The van der Waals surface area contributed by atoms with E-state index in [1.165, 1.54) is 0 Å². The summed E-state index contributed by atoms with van der Waals surface area (Å²) in [6, 6.07) is 7.12. The predicted molar refractivity (Wildman–Crippen MR) is 95.3 cm³/mol. The summed E-state index contributed by atoms with van der Waals surface area (Å²) < 4.78 is 5.47. The summed E-state index contributed by atoms with van der Waals surface area (Å²) in [6.07, 6.45) is 0.669. The first kappa shape index (κ1) is 17.6. The molecule has 0 aliphatic carbocycles. The number of H-pyrrole nitrogens is 1. The molecule has 136 valence electrons. The number of aromatic amines is 1. The van der Waals surface area contributed by atoms with Crippen molar-refractivity contribution in [2.75, 3.05) is 11.9 Å². The fraction of sp³-hybridized carbons (Fsp3) is 0.353. The van der Waals surface area contributed by atoms with Gasteiger partial charge < -0.3 is 14.6 Å². The number of hydrogen-bond donors (Lipinski definition) is 2. The molecule has 0 saturated carbocycles. The fourth-order valence-electron chi connectivity index (χ4n) is 2.36. The van der Waals surface area contributed by atoms with E-state index < -0.39 is 0 Å². The Balaban J connectivity index is 1.63. The average molecular weight is 355 g/mol. The van der Waals surface area contributed by atoms with Gasteiger partial charge in [0.2, 0.25) is 11.8 Å². The molecule has 0 radical (unpaired) electrons. The number of urea groups is 1. The number of aromatic nitrogens is 5. The summed E-state index contributed by atoms with van der Waals surface area (Å²) in [4.78, 5) is 18.4. The molecular formula is C17H21N7O2. The van der Waals surface area contributed by atoms with Gasteiger partial charge in [0, 0.05) is 24.2 Å². The summed E-state index contributed by atoms with van der Waals surface area (Å²) in [5.41, 5.74) is 1.56. The van der Waals surface area contributed by atoms with Crippen LogP contribution in [-0.2, 0) is 13.0 Å². The van der Waals surface area contributed by atoms with Crippen molar-refractivity contribution in [2.45, 2.75) is 33.7 Å². The van der Waals surface area contributed by atoms with E-state index in [1.54, 1.807) is 4.90 Å². The molecule has 0 aliphatic rings. The fourth-order valence-corrected chi connectivity index (χ4v) is 2.36. The first-order valence-corrected chi connectivity index (χ1v) is 8.45. The second kappa shape index (κ2) is 7.77. The third kappa shape index (κ3) is 4.05. The molecule has 26 heavy (non-hydrogen) atoms. The Morgan fingerprint density at radius 3 is 2.50 bits per heavy atom. The van der Waals surface area contributed by atoms with Crippen LogP contribution in [-0.4, -0.2) is 42.9 Å². The summed E-state index contributed by atoms with van der Waals surface area (Å²) in [5.74, 6) is 2.37. The van der Waals surface area contributed by atoms with Crippen LogP contribution < -0.4 is 5.32 Å². The molecule has 9 nitrogen and oxygen atoms in total. The molecule has 1 aromatic carbocycles. The number of aryl methyl sites for hydroxylation is 2. The molecule has 2 N–H and O–H groups in total. The van der Waals surface area contributed by atoms with Gasteiger partial charge in [-0.2, -0.15) is 5.10 Å². The molecule has 2 heterocycles. The van der Waals surface area contributed by atoms with Gasteiger partial charge in [0.1, 0.15) is 12.4 Å². The molecule has 0 spiro atoms. The van der Waals surface area contributed by atoms with E-state index >= 15 is 0 Å². The Bertz CT molecular complexity index is 869. The normalized spacial score (nSPS) is 10.7. The Labute approximate surface area is 150 Å². The third-order valence-corrected chi connectivity index (χ3v) is 3.80.